The Labute approximate surface area is 90.2 Å². The van der Waals surface area contributed by atoms with Crippen LogP contribution in [-0.4, -0.2) is 18.5 Å². The number of esters is 1. The first kappa shape index (κ1) is 12.1. The van der Waals surface area contributed by atoms with E-state index in [9.17, 15) is 18.4 Å². The SMILES string of the molecule is CC(=O)OCC(=O)Nc1ccc(F)cc1F. The molecule has 0 aliphatic carbocycles. The van der Waals surface area contributed by atoms with E-state index in [1.165, 1.54) is 0 Å². The molecular formula is C10H9F2NO3. The first-order chi connectivity index (χ1) is 7.49. The van der Waals surface area contributed by atoms with Crippen molar-refractivity contribution in [3.8, 4) is 0 Å². The summed E-state index contributed by atoms with van der Waals surface area (Å²) in [5.41, 5.74) is -0.168. The summed E-state index contributed by atoms with van der Waals surface area (Å²) in [4.78, 5) is 21.5. The fraction of sp³-hybridized carbons (Fsp3) is 0.200. The van der Waals surface area contributed by atoms with Crippen molar-refractivity contribution in [1.82, 2.24) is 0 Å². The Balaban J connectivity index is 2.59. The van der Waals surface area contributed by atoms with E-state index in [1.54, 1.807) is 0 Å². The summed E-state index contributed by atoms with van der Waals surface area (Å²) >= 11 is 0. The first-order valence-electron chi connectivity index (χ1n) is 4.37. The Bertz CT molecular complexity index is 421. The molecule has 0 fully saturated rings. The lowest BCUT2D eigenvalue weighted by molar-refractivity contribution is -0.144. The zero-order chi connectivity index (χ0) is 12.1. The summed E-state index contributed by atoms with van der Waals surface area (Å²) < 4.78 is 30.0. The molecule has 1 amide bonds. The van der Waals surface area contributed by atoms with Gasteiger partial charge in [0.15, 0.2) is 6.61 Å². The fourth-order valence-corrected chi connectivity index (χ4v) is 0.944. The van der Waals surface area contributed by atoms with Crippen molar-refractivity contribution in [3.05, 3.63) is 29.8 Å². The van der Waals surface area contributed by atoms with Gasteiger partial charge in [-0.2, -0.15) is 0 Å². The monoisotopic (exact) mass is 229 g/mol. The molecule has 1 rings (SSSR count). The van der Waals surface area contributed by atoms with Crippen LogP contribution in [0.2, 0.25) is 0 Å². The molecule has 0 saturated heterocycles. The summed E-state index contributed by atoms with van der Waals surface area (Å²) in [6.07, 6.45) is 0. The largest absolute Gasteiger partial charge is 0.456 e. The molecule has 0 aromatic heterocycles. The second-order valence-electron chi connectivity index (χ2n) is 2.95. The van der Waals surface area contributed by atoms with Crippen LogP contribution in [0.5, 0.6) is 0 Å². The second kappa shape index (κ2) is 5.20. The molecule has 6 heteroatoms. The Morgan fingerprint density at radius 3 is 2.62 bits per heavy atom. The maximum absolute atomic E-state index is 13.0. The number of benzene rings is 1. The molecule has 0 aliphatic heterocycles. The molecule has 0 spiro atoms. The van der Waals surface area contributed by atoms with Crippen molar-refractivity contribution >= 4 is 17.6 Å². The Hall–Kier alpha value is -1.98. The Morgan fingerprint density at radius 1 is 1.38 bits per heavy atom. The van der Waals surface area contributed by atoms with Crippen molar-refractivity contribution in [1.29, 1.82) is 0 Å². The van der Waals surface area contributed by atoms with Crippen molar-refractivity contribution < 1.29 is 23.1 Å². The van der Waals surface area contributed by atoms with Crippen molar-refractivity contribution in [2.24, 2.45) is 0 Å². The predicted molar refractivity (Wildman–Crippen MR) is 51.6 cm³/mol. The number of hydrogen-bond acceptors (Lipinski definition) is 3. The second-order valence-corrected chi connectivity index (χ2v) is 2.95. The van der Waals surface area contributed by atoms with E-state index >= 15 is 0 Å². The molecule has 16 heavy (non-hydrogen) atoms. The number of nitrogens with one attached hydrogen (secondary N) is 1. The zero-order valence-electron chi connectivity index (χ0n) is 8.42. The van der Waals surface area contributed by atoms with Gasteiger partial charge in [0.2, 0.25) is 0 Å². The highest BCUT2D eigenvalue weighted by atomic mass is 19.1. The van der Waals surface area contributed by atoms with E-state index < -0.39 is 30.1 Å². The summed E-state index contributed by atoms with van der Waals surface area (Å²) in [6.45, 7) is 0.637. The van der Waals surface area contributed by atoms with Crippen LogP contribution in [0.4, 0.5) is 14.5 Å². The highest BCUT2D eigenvalue weighted by Crippen LogP contribution is 2.14. The van der Waals surface area contributed by atoms with Gasteiger partial charge in [0.05, 0.1) is 5.69 Å². The van der Waals surface area contributed by atoms with Gasteiger partial charge < -0.3 is 10.1 Å². The van der Waals surface area contributed by atoms with Gasteiger partial charge in [-0.3, -0.25) is 9.59 Å². The molecule has 1 N–H and O–H groups in total. The number of amides is 1. The van der Waals surface area contributed by atoms with Gasteiger partial charge in [0, 0.05) is 13.0 Å². The highest BCUT2D eigenvalue weighted by Gasteiger charge is 2.08. The Morgan fingerprint density at radius 2 is 2.06 bits per heavy atom. The molecule has 0 aliphatic rings. The van der Waals surface area contributed by atoms with Crippen LogP contribution in [0.1, 0.15) is 6.92 Å². The van der Waals surface area contributed by atoms with Crippen LogP contribution in [-0.2, 0) is 14.3 Å². The van der Waals surface area contributed by atoms with Crippen molar-refractivity contribution in [2.75, 3.05) is 11.9 Å². The van der Waals surface area contributed by atoms with Crippen LogP contribution in [0.25, 0.3) is 0 Å². The molecule has 86 valence electrons. The lowest BCUT2D eigenvalue weighted by atomic mass is 10.3. The van der Waals surface area contributed by atoms with Gasteiger partial charge in [-0.25, -0.2) is 8.78 Å². The quantitative estimate of drug-likeness (QED) is 0.798. The van der Waals surface area contributed by atoms with E-state index in [0.29, 0.717) is 6.07 Å². The summed E-state index contributed by atoms with van der Waals surface area (Å²) in [6, 6.07) is 2.72. The summed E-state index contributed by atoms with van der Waals surface area (Å²) in [7, 11) is 0. The summed E-state index contributed by atoms with van der Waals surface area (Å²) in [5, 5.41) is 2.13. The summed E-state index contributed by atoms with van der Waals surface area (Å²) in [5.74, 6) is -2.94. The standard InChI is InChI=1S/C10H9F2NO3/c1-6(14)16-5-10(15)13-9-3-2-7(11)4-8(9)12/h2-4H,5H2,1H3,(H,13,15). The van der Waals surface area contributed by atoms with Crippen LogP contribution >= 0.6 is 0 Å². The topological polar surface area (TPSA) is 55.4 Å². The average Bonchev–Trinajstić information content (AvgIpc) is 2.19. The molecule has 0 unspecified atom stereocenters. The fourth-order valence-electron chi connectivity index (χ4n) is 0.944. The van der Waals surface area contributed by atoms with Crippen LogP contribution in [0, 0.1) is 11.6 Å². The zero-order valence-corrected chi connectivity index (χ0v) is 8.42. The number of ether oxygens (including phenoxy) is 1. The average molecular weight is 229 g/mol. The van der Waals surface area contributed by atoms with E-state index in [0.717, 1.165) is 19.1 Å². The minimum Gasteiger partial charge on any atom is -0.456 e. The number of carbonyl (C=O) groups is 2. The molecule has 0 radical (unpaired) electrons. The van der Waals surface area contributed by atoms with E-state index in [-0.39, 0.29) is 5.69 Å². The third-order valence-corrected chi connectivity index (χ3v) is 1.61. The minimum absolute atomic E-state index is 0.168. The molecular weight excluding hydrogens is 220 g/mol. The third kappa shape index (κ3) is 3.64. The predicted octanol–water partition coefficient (Wildman–Crippen LogP) is 1.47. The molecule has 4 nitrogen and oxygen atoms in total. The maximum Gasteiger partial charge on any atom is 0.303 e. The Kier molecular flexibility index (Phi) is 3.93. The number of halogens is 2. The first-order valence-corrected chi connectivity index (χ1v) is 4.37. The van der Waals surface area contributed by atoms with Gasteiger partial charge in [0.25, 0.3) is 5.91 Å². The molecule has 1 aromatic carbocycles. The van der Waals surface area contributed by atoms with Gasteiger partial charge in [-0.1, -0.05) is 0 Å². The number of anilines is 1. The number of rotatable bonds is 3. The van der Waals surface area contributed by atoms with Crippen molar-refractivity contribution in [2.45, 2.75) is 6.92 Å². The lowest BCUT2D eigenvalue weighted by Gasteiger charge is -2.06. The van der Waals surface area contributed by atoms with Crippen LogP contribution < -0.4 is 5.32 Å². The number of carbonyl (C=O) groups excluding carboxylic acids is 2. The third-order valence-electron chi connectivity index (χ3n) is 1.61. The number of hydrogen-bond donors (Lipinski definition) is 1. The normalized spacial score (nSPS) is 9.69. The van der Waals surface area contributed by atoms with Gasteiger partial charge in [0.1, 0.15) is 11.6 Å². The molecule has 1 aromatic rings. The van der Waals surface area contributed by atoms with Crippen LogP contribution in [0.15, 0.2) is 18.2 Å². The van der Waals surface area contributed by atoms with Gasteiger partial charge in [-0.15, -0.1) is 0 Å². The highest BCUT2D eigenvalue weighted by molar-refractivity contribution is 5.92. The van der Waals surface area contributed by atoms with E-state index in [2.05, 4.69) is 10.1 Å². The molecule has 0 bridgehead atoms. The van der Waals surface area contributed by atoms with Gasteiger partial charge >= 0.3 is 5.97 Å². The molecule has 0 heterocycles. The van der Waals surface area contributed by atoms with Gasteiger partial charge in [-0.05, 0) is 12.1 Å². The lowest BCUT2D eigenvalue weighted by Crippen LogP contribution is -2.20. The smallest absolute Gasteiger partial charge is 0.303 e. The molecule has 0 atom stereocenters. The minimum atomic E-state index is -0.892. The van der Waals surface area contributed by atoms with E-state index in [1.807, 2.05) is 0 Å². The maximum atomic E-state index is 13.0. The molecule has 0 saturated carbocycles. The van der Waals surface area contributed by atoms with Crippen molar-refractivity contribution in [3.63, 3.8) is 0 Å². The van der Waals surface area contributed by atoms with E-state index in [4.69, 9.17) is 0 Å². The van der Waals surface area contributed by atoms with Crippen LogP contribution in [0.3, 0.4) is 0 Å².